The minimum Gasteiger partial charge on any atom is -0.455 e. The second-order valence-electron chi connectivity index (χ2n) is 4.60. The molecule has 96 valence electrons. The summed E-state index contributed by atoms with van der Waals surface area (Å²) in [7, 11) is 0. The lowest BCUT2D eigenvalue weighted by Gasteiger charge is -2.05. The zero-order valence-corrected chi connectivity index (χ0v) is 12.4. The molecule has 1 heterocycles. The van der Waals surface area contributed by atoms with Crippen LogP contribution in [-0.2, 0) is 6.54 Å². The maximum Gasteiger partial charge on any atom is 0.158 e. The Hall–Kier alpha value is -1.06. The summed E-state index contributed by atoms with van der Waals surface area (Å²) < 4.78 is 6.94. The maximum absolute atomic E-state index is 5.86. The molecular weight excluding hydrogens is 290 g/mol. The van der Waals surface area contributed by atoms with Gasteiger partial charge in [-0.25, -0.2) is 0 Å². The molecule has 0 fully saturated rings. The molecule has 2 N–H and O–H groups in total. The van der Waals surface area contributed by atoms with Gasteiger partial charge in [-0.05, 0) is 37.6 Å². The third kappa shape index (κ3) is 3.47. The molecular formula is C15H19BrNO+. The van der Waals surface area contributed by atoms with E-state index in [-0.39, 0.29) is 0 Å². The Labute approximate surface area is 117 Å². The number of rotatable bonds is 5. The summed E-state index contributed by atoms with van der Waals surface area (Å²) >= 11 is 3.44. The van der Waals surface area contributed by atoms with Crippen LogP contribution in [-0.4, -0.2) is 6.04 Å². The molecule has 1 aromatic heterocycles. The van der Waals surface area contributed by atoms with Crippen LogP contribution in [0.1, 0.15) is 26.0 Å². The van der Waals surface area contributed by atoms with Gasteiger partial charge in [0.05, 0.1) is 6.04 Å². The van der Waals surface area contributed by atoms with Gasteiger partial charge in [0.2, 0.25) is 0 Å². The smallest absolute Gasteiger partial charge is 0.158 e. The van der Waals surface area contributed by atoms with E-state index in [9.17, 15) is 0 Å². The lowest BCUT2D eigenvalue weighted by atomic mass is 10.2. The monoisotopic (exact) mass is 308 g/mol. The molecule has 0 bridgehead atoms. The van der Waals surface area contributed by atoms with Crippen molar-refractivity contribution < 1.29 is 9.73 Å². The van der Waals surface area contributed by atoms with E-state index in [1.807, 2.05) is 18.2 Å². The van der Waals surface area contributed by atoms with E-state index in [0.717, 1.165) is 28.1 Å². The van der Waals surface area contributed by atoms with E-state index >= 15 is 0 Å². The lowest BCUT2D eigenvalue weighted by molar-refractivity contribution is -0.703. The van der Waals surface area contributed by atoms with Crippen LogP contribution in [0, 0.1) is 0 Å². The number of nitrogens with two attached hydrogens (primary N) is 1. The molecule has 2 nitrogen and oxygen atoms in total. The van der Waals surface area contributed by atoms with E-state index in [4.69, 9.17) is 4.42 Å². The first-order valence-corrected chi connectivity index (χ1v) is 7.16. The van der Waals surface area contributed by atoms with Crippen molar-refractivity contribution in [2.75, 3.05) is 0 Å². The lowest BCUT2D eigenvalue weighted by Crippen LogP contribution is -2.87. The minimum atomic E-state index is 0.645. The molecule has 0 saturated heterocycles. The molecule has 0 aliphatic heterocycles. The molecule has 0 spiro atoms. The molecule has 2 aromatic rings. The minimum absolute atomic E-state index is 0.645. The number of halogens is 1. The van der Waals surface area contributed by atoms with Crippen LogP contribution in [0.2, 0.25) is 0 Å². The summed E-state index contributed by atoms with van der Waals surface area (Å²) in [6, 6.07) is 12.9. The van der Waals surface area contributed by atoms with Crippen molar-refractivity contribution in [3.63, 3.8) is 0 Å². The van der Waals surface area contributed by atoms with Crippen molar-refractivity contribution in [2.24, 2.45) is 0 Å². The molecule has 3 heteroatoms. The SMILES string of the molecule is CC[C@H](C)[NH2+]Cc1ccc(-c2ccc(Br)cc2)o1. The Morgan fingerprint density at radius 2 is 1.89 bits per heavy atom. The third-order valence-corrected chi connectivity index (χ3v) is 3.68. The summed E-state index contributed by atoms with van der Waals surface area (Å²) in [5, 5.41) is 2.31. The van der Waals surface area contributed by atoms with Crippen molar-refractivity contribution in [1.82, 2.24) is 0 Å². The molecule has 0 unspecified atom stereocenters. The van der Waals surface area contributed by atoms with Gasteiger partial charge < -0.3 is 9.73 Å². The third-order valence-electron chi connectivity index (χ3n) is 3.16. The van der Waals surface area contributed by atoms with Gasteiger partial charge >= 0.3 is 0 Å². The van der Waals surface area contributed by atoms with E-state index in [2.05, 4.69) is 53.3 Å². The van der Waals surface area contributed by atoms with Crippen LogP contribution >= 0.6 is 15.9 Å². The Morgan fingerprint density at radius 1 is 1.17 bits per heavy atom. The van der Waals surface area contributed by atoms with Crippen LogP contribution in [0.25, 0.3) is 11.3 Å². The zero-order chi connectivity index (χ0) is 13.0. The molecule has 0 amide bonds. The van der Waals surface area contributed by atoms with Gasteiger partial charge in [-0.15, -0.1) is 0 Å². The summed E-state index contributed by atoms with van der Waals surface area (Å²) in [5.41, 5.74) is 1.12. The standard InChI is InChI=1S/C15H18BrNO/c1-3-11(2)17-10-14-8-9-15(18-14)12-4-6-13(16)7-5-12/h4-9,11,17H,3,10H2,1-2H3/p+1/t11-/m0/s1. The fourth-order valence-corrected chi connectivity index (χ4v) is 2.01. The normalized spacial score (nSPS) is 12.6. The van der Waals surface area contributed by atoms with Gasteiger partial charge in [-0.1, -0.05) is 35.0 Å². The Kier molecular flexibility index (Phi) is 4.61. The number of benzene rings is 1. The zero-order valence-electron chi connectivity index (χ0n) is 10.8. The average molecular weight is 309 g/mol. The summed E-state index contributed by atoms with van der Waals surface area (Å²) in [4.78, 5) is 0. The Morgan fingerprint density at radius 3 is 2.56 bits per heavy atom. The molecule has 0 radical (unpaired) electrons. The van der Waals surface area contributed by atoms with Crippen LogP contribution in [0.4, 0.5) is 0 Å². The van der Waals surface area contributed by atoms with Crippen LogP contribution in [0.3, 0.4) is 0 Å². The topological polar surface area (TPSA) is 29.8 Å². The van der Waals surface area contributed by atoms with Crippen molar-refractivity contribution in [3.8, 4) is 11.3 Å². The summed E-state index contributed by atoms with van der Waals surface area (Å²) in [6.07, 6.45) is 1.18. The molecule has 2 rings (SSSR count). The largest absolute Gasteiger partial charge is 0.455 e. The first-order chi connectivity index (χ1) is 8.69. The van der Waals surface area contributed by atoms with E-state index in [1.165, 1.54) is 6.42 Å². The van der Waals surface area contributed by atoms with Gasteiger partial charge in [0.25, 0.3) is 0 Å². The molecule has 0 aliphatic rings. The second-order valence-corrected chi connectivity index (χ2v) is 5.51. The fourth-order valence-electron chi connectivity index (χ4n) is 1.74. The first kappa shape index (κ1) is 13.4. The Balaban J connectivity index is 2.03. The molecule has 1 atom stereocenters. The van der Waals surface area contributed by atoms with Crippen molar-refractivity contribution in [2.45, 2.75) is 32.9 Å². The van der Waals surface area contributed by atoms with Gasteiger partial charge in [0.1, 0.15) is 12.3 Å². The molecule has 1 aromatic carbocycles. The number of quaternary nitrogens is 1. The van der Waals surface area contributed by atoms with Gasteiger partial charge in [-0.2, -0.15) is 0 Å². The van der Waals surface area contributed by atoms with Gasteiger partial charge in [0, 0.05) is 10.0 Å². The number of hydrogen-bond acceptors (Lipinski definition) is 1. The predicted octanol–water partition coefficient (Wildman–Crippen LogP) is 3.57. The first-order valence-electron chi connectivity index (χ1n) is 6.37. The van der Waals surface area contributed by atoms with Crippen LogP contribution in [0.5, 0.6) is 0 Å². The maximum atomic E-state index is 5.86. The fraction of sp³-hybridized carbons (Fsp3) is 0.333. The summed E-state index contributed by atoms with van der Waals surface area (Å²) in [6.45, 7) is 5.35. The highest BCUT2D eigenvalue weighted by Gasteiger charge is 2.07. The second kappa shape index (κ2) is 6.21. The predicted molar refractivity (Wildman–Crippen MR) is 77.2 cm³/mol. The molecule has 18 heavy (non-hydrogen) atoms. The summed E-state index contributed by atoms with van der Waals surface area (Å²) in [5.74, 6) is 1.98. The van der Waals surface area contributed by atoms with Crippen LogP contribution < -0.4 is 5.32 Å². The van der Waals surface area contributed by atoms with Crippen molar-refractivity contribution in [3.05, 3.63) is 46.6 Å². The average Bonchev–Trinajstić information content (AvgIpc) is 2.85. The van der Waals surface area contributed by atoms with E-state index in [1.54, 1.807) is 0 Å². The van der Waals surface area contributed by atoms with E-state index in [0.29, 0.717) is 6.04 Å². The van der Waals surface area contributed by atoms with E-state index < -0.39 is 0 Å². The highest BCUT2D eigenvalue weighted by atomic mass is 79.9. The number of furan rings is 1. The molecule has 0 saturated carbocycles. The van der Waals surface area contributed by atoms with Gasteiger partial charge in [0.15, 0.2) is 5.76 Å². The van der Waals surface area contributed by atoms with Gasteiger partial charge in [-0.3, -0.25) is 0 Å². The van der Waals surface area contributed by atoms with Crippen molar-refractivity contribution >= 4 is 15.9 Å². The van der Waals surface area contributed by atoms with Crippen molar-refractivity contribution in [1.29, 1.82) is 0 Å². The number of hydrogen-bond donors (Lipinski definition) is 1. The highest BCUT2D eigenvalue weighted by molar-refractivity contribution is 9.10. The molecule has 0 aliphatic carbocycles. The quantitative estimate of drug-likeness (QED) is 0.899. The highest BCUT2D eigenvalue weighted by Crippen LogP contribution is 2.23. The van der Waals surface area contributed by atoms with Crippen LogP contribution in [0.15, 0.2) is 45.3 Å². The Bertz CT molecular complexity index is 489.